The number of ether oxygens (including phenoxy) is 1. The van der Waals surface area contributed by atoms with Crippen LogP contribution < -0.4 is 14.8 Å². The molecule has 2 aromatic carbocycles. The Morgan fingerprint density at radius 2 is 1.88 bits per heavy atom. The van der Waals surface area contributed by atoms with E-state index in [9.17, 15) is 23.3 Å². The van der Waals surface area contributed by atoms with Gasteiger partial charge in [-0.3, -0.25) is 19.6 Å². The second kappa shape index (κ2) is 9.59. The number of nitrogens with zero attached hydrogens (tertiary/aromatic N) is 2. The van der Waals surface area contributed by atoms with Gasteiger partial charge in [-0.1, -0.05) is 28.7 Å². The third-order valence-electron chi connectivity index (χ3n) is 4.45. The van der Waals surface area contributed by atoms with Crippen molar-refractivity contribution in [3.63, 3.8) is 0 Å². The molecule has 0 bridgehead atoms. The van der Waals surface area contributed by atoms with Gasteiger partial charge in [0.05, 0.1) is 21.6 Å². The zero-order chi connectivity index (χ0) is 24.3. The van der Waals surface area contributed by atoms with Gasteiger partial charge < -0.3 is 10.1 Å². The molecule has 0 radical (unpaired) electrons. The number of para-hydroxylation sites is 1. The highest BCUT2D eigenvalue weighted by Gasteiger charge is 2.18. The topological polar surface area (TPSA) is 141 Å². The number of hydrogen-bond acceptors (Lipinski definition) is 9. The van der Waals surface area contributed by atoms with Gasteiger partial charge in [-0.15, -0.1) is 0 Å². The number of hydrogen-bond donors (Lipinski definition) is 2. The molecule has 0 fully saturated rings. The Kier molecular flexibility index (Phi) is 6.58. The number of methoxy groups -OCH3 is 1. The van der Waals surface area contributed by atoms with Gasteiger partial charge in [-0.05, 0) is 48.5 Å². The molecule has 4 aromatic rings. The maximum absolute atomic E-state index is 12.8. The number of amides is 1. The minimum Gasteiger partial charge on any atom is -0.494 e. The van der Waals surface area contributed by atoms with Crippen molar-refractivity contribution in [1.82, 2.24) is 4.98 Å². The van der Waals surface area contributed by atoms with Crippen LogP contribution in [0.1, 0.15) is 4.88 Å². The van der Waals surface area contributed by atoms with Crippen molar-refractivity contribution in [1.29, 1.82) is 0 Å². The highest BCUT2D eigenvalue weighted by molar-refractivity contribution is 7.93. The molecule has 0 atom stereocenters. The van der Waals surface area contributed by atoms with Crippen molar-refractivity contribution < 1.29 is 22.9 Å². The van der Waals surface area contributed by atoms with E-state index >= 15 is 0 Å². The van der Waals surface area contributed by atoms with Gasteiger partial charge in [0.25, 0.3) is 10.0 Å². The maximum atomic E-state index is 12.8. The highest BCUT2D eigenvalue weighted by Crippen LogP contribution is 2.33. The fourth-order valence-corrected chi connectivity index (χ4v) is 5.74. The Morgan fingerprint density at radius 3 is 2.56 bits per heavy atom. The smallest absolute Gasteiger partial charge is 0.324 e. The average Bonchev–Trinajstić information content (AvgIpc) is 3.44. The molecular formula is C21H16N4O6S3. The SMILES string of the molecule is COc1cccc2sc(NS(=O)(=O)c3ccc(NC(=O)/C=C/c4ccc([N+](=O)[O-])s4)cc3)nc12. The zero-order valence-corrected chi connectivity index (χ0v) is 19.9. The number of sulfonamides is 1. The lowest BCUT2D eigenvalue weighted by atomic mass is 10.3. The third kappa shape index (κ3) is 5.22. The van der Waals surface area contributed by atoms with Gasteiger partial charge in [0.1, 0.15) is 11.3 Å². The summed E-state index contributed by atoms with van der Waals surface area (Å²) in [5, 5.41) is 13.5. The number of nitro groups is 1. The molecular weight excluding hydrogens is 500 g/mol. The maximum Gasteiger partial charge on any atom is 0.324 e. The number of thiophene rings is 1. The Balaban J connectivity index is 1.42. The number of nitrogens with one attached hydrogen (secondary N) is 2. The van der Waals surface area contributed by atoms with Crippen LogP contribution in [0.15, 0.2) is 65.6 Å². The first-order chi connectivity index (χ1) is 16.2. The monoisotopic (exact) mass is 516 g/mol. The van der Waals surface area contributed by atoms with Gasteiger partial charge in [-0.25, -0.2) is 13.4 Å². The fraction of sp³-hybridized carbons (Fsp3) is 0.0476. The zero-order valence-electron chi connectivity index (χ0n) is 17.4. The Hall–Kier alpha value is -3.81. The van der Waals surface area contributed by atoms with Crippen molar-refractivity contribution in [2.45, 2.75) is 4.90 Å². The summed E-state index contributed by atoms with van der Waals surface area (Å²) < 4.78 is 34.0. The lowest BCUT2D eigenvalue weighted by Gasteiger charge is -2.07. The number of thiazole rings is 1. The lowest BCUT2D eigenvalue weighted by Crippen LogP contribution is -2.13. The summed E-state index contributed by atoms with van der Waals surface area (Å²) in [4.78, 5) is 27.2. The van der Waals surface area contributed by atoms with Crippen molar-refractivity contribution in [2.75, 3.05) is 17.1 Å². The molecule has 0 aliphatic heterocycles. The van der Waals surface area contributed by atoms with Crippen LogP contribution in [0, 0.1) is 10.1 Å². The number of anilines is 2. The predicted octanol–water partition coefficient (Wildman–Crippen LogP) is 4.73. The van der Waals surface area contributed by atoms with E-state index in [1.165, 1.54) is 60.9 Å². The summed E-state index contributed by atoms with van der Waals surface area (Å²) in [6.07, 6.45) is 2.70. The van der Waals surface area contributed by atoms with E-state index in [2.05, 4.69) is 15.0 Å². The van der Waals surface area contributed by atoms with Crippen LogP contribution in [0.2, 0.25) is 0 Å². The summed E-state index contributed by atoms with van der Waals surface area (Å²) in [5.74, 6) is 0.0823. The van der Waals surface area contributed by atoms with Crippen LogP contribution in [0.4, 0.5) is 15.8 Å². The minimum atomic E-state index is -3.90. The van der Waals surface area contributed by atoms with Gasteiger partial charge in [0.15, 0.2) is 5.13 Å². The molecule has 1 amide bonds. The minimum absolute atomic E-state index is 0.00171. The van der Waals surface area contributed by atoms with Crippen LogP contribution in [0.5, 0.6) is 5.75 Å². The fourth-order valence-electron chi connectivity index (χ4n) is 2.89. The largest absolute Gasteiger partial charge is 0.494 e. The Morgan fingerprint density at radius 1 is 1.12 bits per heavy atom. The van der Waals surface area contributed by atoms with E-state index in [4.69, 9.17) is 4.74 Å². The van der Waals surface area contributed by atoms with E-state index in [0.29, 0.717) is 21.8 Å². The van der Waals surface area contributed by atoms with Gasteiger partial charge in [0, 0.05) is 22.7 Å². The standard InChI is InChI=1S/C21H16N4O6S3/c1-31-16-3-2-4-17-20(16)23-21(33-17)24-34(29,30)15-9-5-13(6-10-15)22-18(26)11-7-14-8-12-19(32-14)25(27)28/h2-12H,1H3,(H,22,26)(H,23,24)/b11-7+. The third-order valence-corrected chi connectivity index (χ3v) is 7.87. The van der Waals surface area contributed by atoms with Gasteiger partial charge in [0.2, 0.25) is 5.91 Å². The van der Waals surface area contributed by atoms with Crippen molar-refractivity contribution in [3.05, 3.63) is 75.7 Å². The van der Waals surface area contributed by atoms with Gasteiger partial charge >= 0.3 is 5.00 Å². The molecule has 0 saturated carbocycles. The van der Waals surface area contributed by atoms with Gasteiger partial charge in [-0.2, -0.15) is 0 Å². The number of carbonyl (C=O) groups is 1. The number of fused-ring (bicyclic) bond motifs is 1. The molecule has 0 unspecified atom stereocenters. The number of benzene rings is 2. The van der Waals surface area contributed by atoms with Crippen LogP contribution in [0.25, 0.3) is 16.3 Å². The number of aromatic nitrogens is 1. The summed E-state index contributed by atoms with van der Waals surface area (Å²) >= 11 is 2.13. The summed E-state index contributed by atoms with van der Waals surface area (Å²) in [6.45, 7) is 0. The second-order valence-electron chi connectivity index (χ2n) is 6.71. The molecule has 4 rings (SSSR count). The average molecular weight is 517 g/mol. The van der Waals surface area contributed by atoms with E-state index < -0.39 is 20.9 Å². The first kappa shape index (κ1) is 23.4. The second-order valence-corrected chi connectivity index (χ2v) is 10.5. The van der Waals surface area contributed by atoms with Crippen LogP contribution in [0.3, 0.4) is 0 Å². The number of carbonyl (C=O) groups excluding carboxylic acids is 1. The summed E-state index contributed by atoms with van der Waals surface area (Å²) in [5.41, 5.74) is 0.950. The molecule has 174 valence electrons. The Labute approximate surface area is 201 Å². The first-order valence-electron chi connectivity index (χ1n) is 9.55. The molecule has 13 heteroatoms. The van der Waals surface area contributed by atoms with Crippen LogP contribution in [-0.2, 0) is 14.8 Å². The predicted molar refractivity (Wildman–Crippen MR) is 132 cm³/mol. The molecule has 0 saturated heterocycles. The highest BCUT2D eigenvalue weighted by atomic mass is 32.2. The molecule has 34 heavy (non-hydrogen) atoms. The molecule has 2 N–H and O–H groups in total. The first-order valence-corrected chi connectivity index (χ1v) is 12.7. The van der Waals surface area contributed by atoms with Crippen molar-refractivity contribution in [2.24, 2.45) is 0 Å². The quantitative estimate of drug-likeness (QED) is 0.196. The van der Waals surface area contributed by atoms with E-state index in [0.717, 1.165) is 16.0 Å². The molecule has 2 heterocycles. The Bertz CT molecular complexity index is 1510. The van der Waals surface area contributed by atoms with E-state index in [1.54, 1.807) is 18.2 Å². The van der Waals surface area contributed by atoms with Crippen LogP contribution >= 0.6 is 22.7 Å². The van der Waals surface area contributed by atoms with Crippen LogP contribution in [-0.4, -0.2) is 31.3 Å². The number of rotatable bonds is 8. The molecule has 0 aliphatic rings. The van der Waals surface area contributed by atoms with E-state index in [1.807, 2.05) is 6.07 Å². The molecule has 10 nitrogen and oxygen atoms in total. The molecule has 0 spiro atoms. The lowest BCUT2D eigenvalue weighted by molar-refractivity contribution is -0.380. The normalized spacial score (nSPS) is 11.6. The van der Waals surface area contributed by atoms with E-state index in [-0.39, 0.29) is 15.0 Å². The summed E-state index contributed by atoms with van der Waals surface area (Å²) in [6, 6.07) is 13.9. The molecule has 2 aromatic heterocycles. The van der Waals surface area contributed by atoms with Crippen molar-refractivity contribution >= 4 is 70.7 Å². The molecule has 0 aliphatic carbocycles. The van der Waals surface area contributed by atoms with Crippen molar-refractivity contribution in [3.8, 4) is 5.75 Å². The summed E-state index contributed by atoms with van der Waals surface area (Å²) in [7, 11) is -2.38.